The van der Waals surface area contributed by atoms with Crippen molar-refractivity contribution < 1.29 is 9.53 Å². The third kappa shape index (κ3) is 3.69. The van der Waals surface area contributed by atoms with Crippen LogP contribution in [0.15, 0.2) is 24.3 Å². The van der Waals surface area contributed by atoms with Gasteiger partial charge in [0.25, 0.3) is 0 Å². The molecule has 0 N–H and O–H groups in total. The summed E-state index contributed by atoms with van der Waals surface area (Å²) in [6, 6.07) is 8.66. The number of hydrogen-bond donors (Lipinski definition) is 0. The number of rotatable bonds is 3. The average molecular weight is 316 g/mol. The Morgan fingerprint density at radius 2 is 1.74 bits per heavy atom. The molecule has 4 nitrogen and oxygen atoms in total. The second-order valence-electron chi connectivity index (χ2n) is 6.91. The number of carbonyl (C=O) groups is 1. The summed E-state index contributed by atoms with van der Waals surface area (Å²) in [5, 5.41) is 0. The lowest BCUT2D eigenvalue weighted by atomic mass is 9.98. The third-order valence-electron chi connectivity index (χ3n) is 5.06. The van der Waals surface area contributed by atoms with E-state index in [4.69, 9.17) is 4.74 Å². The van der Waals surface area contributed by atoms with E-state index in [1.807, 2.05) is 0 Å². The lowest BCUT2D eigenvalue weighted by Crippen LogP contribution is -2.51. The normalized spacial score (nSPS) is 20.1. The fourth-order valence-corrected chi connectivity index (χ4v) is 3.63. The van der Waals surface area contributed by atoms with Gasteiger partial charge in [-0.2, -0.15) is 0 Å². The molecule has 2 aliphatic heterocycles. The van der Waals surface area contributed by atoms with Crippen LogP contribution in [0.1, 0.15) is 38.2 Å². The number of carbonyl (C=O) groups excluding carboxylic acids is 1. The van der Waals surface area contributed by atoms with Gasteiger partial charge < -0.3 is 14.5 Å². The van der Waals surface area contributed by atoms with Crippen molar-refractivity contribution in [2.24, 2.45) is 5.92 Å². The number of ether oxygens (including phenoxy) is 1. The fourth-order valence-electron chi connectivity index (χ4n) is 3.63. The van der Waals surface area contributed by atoms with Crippen molar-refractivity contribution in [2.45, 2.75) is 32.6 Å². The molecule has 126 valence electrons. The summed E-state index contributed by atoms with van der Waals surface area (Å²) in [5.41, 5.74) is 2.73. The molecule has 0 spiro atoms. The van der Waals surface area contributed by atoms with Crippen LogP contribution in [0.4, 0.5) is 5.69 Å². The maximum absolute atomic E-state index is 12.6. The van der Waals surface area contributed by atoms with Gasteiger partial charge in [-0.1, -0.05) is 32.0 Å². The molecule has 2 heterocycles. The lowest BCUT2D eigenvalue weighted by molar-refractivity contribution is -0.138. The van der Waals surface area contributed by atoms with E-state index in [1.54, 1.807) is 0 Å². The van der Waals surface area contributed by atoms with Gasteiger partial charge in [-0.05, 0) is 30.4 Å². The molecule has 0 saturated carbocycles. The van der Waals surface area contributed by atoms with E-state index in [-0.39, 0.29) is 5.92 Å². The predicted octanol–water partition coefficient (Wildman–Crippen LogP) is 2.89. The van der Waals surface area contributed by atoms with Crippen LogP contribution < -0.4 is 4.90 Å². The predicted molar refractivity (Wildman–Crippen MR) is 92.9 cm³/mol. The van der Waals surface area contributed by atoms with Crippen molar-refractivity contribution in [3.05, 3.63) is 29.8 Å². The Morgan fingerprint density at radius 3 is 2.39 bits per heavy atom. The van der Waals surface area contributed by atoms with Gasteiger partial charge in [0.2, 0.25) is 5.91 Å². The highest BCUT2D eigenvalue weighted by Gasteiger charge is 2.29. The summed E-state index contributed by atoms with van der Waals surface area (Å²) in [7, 11) is 0. The highest BCUT2D eigenvalue weighted by atomic mass is 16.5. The second kappa shape index (κ2) is 7.35. The average Bonchev–Trinajstić information content (AvgIpc) is 2.62. The van der Waals surface area contributed by atoms with E-state index < -0.39 is 0 Å². The molecule has 0 aliphatic carbocycles. The minimum Gasteiger partial charge on any atom is -0.381 e. The number of nitrogens with zero attached hydrogens (tertiary/aromatic N) is 2. The van der Waals surface area contributed by atoms with E-state index in [0.29, 0.717) is 11.8 Å². The van der Waals surface area contributed by atoms with Crippen LogP contribution in [0.2, 0.25) is 0 Å². The molecule has 3 rings (SSSR count). The van der Waals surface area contributed by atoms with Crippen LogP contribution in [0.25, 0.3) is 0 Å². The number of amides is 1. The Bertz CT molecular complexity index is 530. The van der Waals surface area contributed by atoms with Gasteiger partial charge in [0.1, 0.15) is 0 Å². The monoisotopic (exact) mass is 316 g/mol. The highest BCUT2D eigenvalue weighted by molar-refractivity contribution is 5.79. The Balaban J connectivity index is 1.61. The van der Waals surface area contributed by atoms with Crippen molar-refractivity contribution in [2.75, 3.05) is 44.3 Å². The molecule has 2 saturated heterocycles. The van der Waals surface area contributed by atoms with Gasteiger partial charge in [0, 0.05) is 51.0 Å². The Labute approximate surface area is 139 Å². The zero-order valence-electron chi connectivity index (χ0n) is 14.3. The first-order valence-electron chi connectivity index (χ1n) is 8.87. The van der Waals surface area contributed by atoms with Gasteiger partial charge in [-0.3, -0.25) is 4.79 Å². The summed E-state index contributed by atoms with van der Waals surface area (Å²) in [5.74, 6) is 1.04. The largest absolute Gasteiger partial charge is 0.381 e. The van der Waals surface area contributed by atoms with E-state index in [0.717, 1.165) is 52.2 Å². The zero-order chi connectivity index (χ0) is 16.2. The van der Waals surface area contributed by atoms with Crippen molar-refractivity contribution in [3.8, 4) is 0 Å². The summed E-state index contributed by atoms with van der Waals surface area (Å²) in [4.78, 5) is 17.1. The number of hydrogen-bond acceptors (Lipinski definition) is 3. The summed E-state index contributed by atoms with van der Waals surface area (Å²) >= 11 is 0. The van der Waals surface area contributed by atoms with Crippen molar-refractivity contribution in [3.63, 3.8) is 0 Å². The second-order valence-corrected chi connectivity index (χ2v) is 6.91. The summed E-state index contributed by atoms with van der Waals surface area (Å²) in [6.45, 7) is 9.48. The number of anilines is 1. The first kappa shape index (κ1) is 16.3. The molecular weight excluding hydrogens is 288 g/mol. The molecule has 4 heteroatoms. The van der Waals surface area contributed by atoms with Gasteiger partial charge in [-0.25, -0.2) is 0 Å². The molecule has 0 atom stereocenters. The standard InChI is InChI=1S/C19H28N2O2/c1-15(2)17-5-3-4-6-18(17)20-9-11-21(12-10-20)19(22)16-7-13-23-14-8-16/h3-6,15-16H,7-14H2,1-2H3. The van der Waals surface area contributed by atoms with Crippen LogP contribution in [-0.4, -0.2) is 50.2 Å². The molecule has 0 bridgehead atoms. The Hall–Kier alpha value is -1.55. The minimum absolute atomic E-state index is 0.179. The van der Waals surface area contributed by atoms with Gasteiger partial charge in [-0.15, -0.1) is 0 Å². The molecule has 23 heavy (non-hydrogen) atoms. The summed E-state index contributed by atoms with van der Waals surface area (Å²) < 4.78 is 5.37. The lowest BCUT2D eigenvalue weighted by Gasteiger charge is -2.39. The third-order valence-corrected chi connectivity index (χ3v) is 5.06. The van der Waals surface area contributed by atoms with Crippen LogP contribution in [0, 0.1) is 5.92 Å². The molecule has 2 fully saturated rings. The smallest absolute Gasteiger partial charge is 0.225 e. The maximum Gasteiger partial charge on any atom is 0.225 e. The first-order valence-corrected chi connectivity index (χ1v) is 8.87. The molecule has 1 aromatic carbocycles. The minimum atomic E-state index is 0.179. The number of para-hydroxylation sites is 1. The maximum atomic E-state index is 12.6. The van der Waals surface area contributed by atoms with E-state index >= 15 is 0 Å². The Morgan fingerprint density at radius 1 is 1.09 bits per heavy atom. The molecule has 0 aromatic heterocycles. The van der Waals surface area contributed by atoms with Crippen molar-refractivity contribution in [1.82, 2.24) is 4.90 Å². The summed E-state index contributed by atoms with van der Waals surface area (Å²) in [6.07, 6.45) is 1.77. The van der Waals surface area contributed by atoms with Gasteiger partial charge >= 0.3 is 0 Å². The van der Waals surface area contributed by atoms with E-state index in [1.165, 1.54) is 11.3 Å². The zero-order valence-corrected chi connectivity index (χ0v) is 14.3. The fraction of sp³-hybridized carbons (Fsp3) is 0.632. The van der Waals surface area contributed by atoms with Crippen LogP contribution in [0.5, 0.6) is 0 Å². The topological polar surface area (TPSA) is 32.8 Å². The quantitative estimate of drug-likeness (QED) is 0.859. The highest BCUT2D eigenvalue weighted by Crippen LogP contribution is 2.28. The van der Waals surface area contributed by atoms with Gasteiger partial charge in [0.15, 0.2) is 0 Å². The van der Waals surface area contributed by atoms with Gasteiger partial charge in [0.05, 0.1) is 0 Å². The molecule has 1 aromatic rings. The first-order chi connectivity index (χ1) is 11.2. The molecule has 0 unspecified atom stereocenters. The SMILES string of the molecule is CC(C)c1ccccc1N1CCN(C(=O)C2CCOCC2)CC1. The number of piperazine rings is 1. The van der Waals surface area contributed by atoms with Crippen molar-refractivity contribution in [1.29, 1.82) is 0 Å². The van der Waals surface area contributed by atoms with Crippen LogP contribution >= 0.6 is 0 Å². The van der Waals surface area contributed by atoms with E-state index in [9.17, 15) is 4.79 Å². The Kier molecular flexibility index (Phi) is 5.21. The molecule has 0 radical (unpaired) electrons. The van der Waals surface area contributed by atoms with Crippen molar-refractivity contribution >= 4 is 11.6 Å². The molecule has 2 aliphatic rings. The molecular formula is C19H28N2O2. The van der Waals surface area contributed by atoms with Crippen LogP contribution in [-0.2, 0) is 9.53 Å². The van der Waals surface area contributed by atoms with Crippen LogP contribution in [0.3, 0.4) is 0 Å². The van der Waals surface area contributed by atoms with E-state index in [2.05, 4.69) is 47.9 Å². The molecule has 1 amide bonds. The number of benzene rings is 1.